The van der Waals surface area contributed by atoms with Crippen LogP contribution in [0.1, 0.15) is 5.69 Å². The molecule has 14 heavy (non-hydrogen) atoms. The van der Waals surface area contributed by atoms with Gasteiger partial charge < -0.3 is 5.21 Å². The van der Waals surface area contributed by atoms with Crippen LogP contribution in [-0.4, -0.2) is 4.37 Å². The summed E-state index contributed by atoms with van der Waals surface area (Å²) in [6.07, 6.45) is 0. The van der Waals surface area contributed by atoms with E-state index < -0.39 is 6.67 Å². The van der Waals surface area contributed by atoms with Crippen molar-refractivity contribution in [3.63, 3.8) is 0 Å². The minimum atomic E-state index is -0.787. The lowest BCUT2D eigenvalue weighted by molar-refractivity contribution is -0.541. The Labute approximate surface area is 84.3 Å². The van der Waals surface area contributed by atoms with Crippen LogP contribution >= 0.6 is 11.7 Å². The first-order valence-electron chi connectivity index (χ1n) is 4.03. The first-order chi connectivity index (χ1) is 6.83. The van der Waals surface area contributed by atoms with Gasteiger partial charge in [0.05, 0.1) is 0 Å². The summed E-state index contributed by atoms with van der Waals surface area (Å²) in [4.78, 5) is 0. The molecule has 0 aliphatic carbocycles. The standard InChI is InChI=1S/C9H7FN2OS/c10-6-8-9(11-14-12(8)13)7-4-2-1-3-5-7/h1-5H,6H2. The molecule has 0 bridgehead atoms. The van der Waals surface area contributed by atoms with E-state index in [9.17, 15) is 9.60 Å². The van der Waals surface area contributed by atoms with Crippen molar-refractivity contribution in [2.24, 2.45) is 0 Å². The van der Waals surface area contributed by atoms with Gasteiger partial charge in [0.2, 0.25) is 11.4 Å². The summed E-state index contributed by atoms with van der Waals surface area (Å²) in [6, 6.07) is 9.11. The first-order valence-corrected chi connectivity index (χ1v) is 4.76. The van der Waals surface area contributed by atoms with E-state index >= 15 is 0 Å². The van der Waals surface area contributed by atoms with Crippen LogP contribution in [-0.2, 0) is 6.67 Å². The van der Waals surface area contributed by atoms with Gasteiger partial charge in [-0.15, -0.1) is 0 Å². The maximum Gasteiger partial charge on any atom is 0.281 e. The number of nitrogens with zero attached hydrogens (tertiary/aromatic N) is 2. The number of alkyl halides is 1. The van der Waals surface area contributed by atoms with Gasteiger partial charge >= 0.3 is 0 Å². The van der Waals surface area contributed by atoms with Crippen LogP contribution in [0, 0.1) is 5.21 Å². The van der Waals surface area contributed by atoms with E-state index in [1.54, 1.807) is 12.1 Å². The van der Waals surface area contributed by atoms with Gasteiger partial charge in [-0.3, -0.25) is 0 Å². The maximum atomic E-state index is 12.5. The fourth-order valence-electron chi connectivity index (χ4n) is 1.19. The molecule has 0 radical (unpaired) electrons. The van der Waals surface area contributed by atoms with Crippen LogP contribution in [0.4, 0.5) is 4.39 Å². The second kappa shape index (κ2) is 3.71. The summed E-state index contributed by atoms with van der Waals surface area (Å²) in [5.41, 5.74) is 1.29. The number of aromatic nitrogens is 2. The molecule has 0 amide bonds. The zero-order valence-electron chi connectivity index (χ0n) is 7.18. The largest absolute Gasteiger partial charge is 0.700 e. The zero-order valence-corrected chi connectivity index (χ0v) is 8.00. The van der Waals surface area contributed by atoms with Crippen LogP contribution < -0.4 is 4.12 Å². The summed E-state index contributed by atoms with van der Waals surface area (Å²) in [6.45, 7) is -0.787. The van der Waals surface area contributed by atoms with Crippen molar-refractivity contribution >= 4 is 11.7 Å². The lowest BCUT2D eigenvalue weighted by atomic mass is 10.1. The van der Waals surface area contributed by atoms with Gasteiger partial charge in [0.15, 0.2) is 6.67 Å². The highest BCUT2D eigenvalue weighted by Crippen LogP contribution is 2.20. The van der Waals surface area contributed by atoms with Crippen molar-refractivity contribution in [2.45, 2.75) is 6.67 Å². The maximum absolute atomic E-state index is 12.5. The topological polar surface area (TPSA) is 39.8 Å². The highest BCUT2D eigenvalue weighted by atomic mass is 32.1. The number of benzene rings is 1. The summed E-state index contributed by atoms with van der Waals surface area (Å²) in [5, 5.41) is 11.1. The summed E-state index contributed by atoms with van der Waals surface area (Å²) in [5.74, 6) is 0. The second-order valence-corrected chi connectivity index (χ2v) is 3.40. The van der Waals surface area contributed by atoms with Crippen molar-refractivity contribution in [2.75, 3.05) is 0 Å². The van der Waals surface area contributed by atoms with Crippen LogP contribution in [0.5, 0.6) is 0 Å². The van der Waals surface area contributed by atoms with Crippen LogP contribution in [0.15, 0.2) is 30.3 Å². The van der Waals surface area contributed by atoms with Crippen molar-refractivity contribution < 1.29 is 8.51 Å². The highest BCUT2D eigenvalue weighted by molar-refractivity contribution is 6.95. The van der Waals surface area contributed by atoms with Crippen LogP contribution in [0.3, 0.4) is 0 Å². The number of halogens is 1. The van der Waals surface area contributed by atoms with E-state index in [2.05, 4.69) is 4.37 Å². The molecule has 1 heterocycles. The molecule has 0 atom stereocenters. The molecule has 3 nitrogen and oxygen atoms in total. The molecule has 1 aromatic heterocycles. The Kier molecular flexibility index (Phi) is 2.41. The van der Waals surface area contributed by atoms with E-state index in [4.69, 9.17) is 0 Å². The molecule has 0 spiro atoms. The van der Waals surface area contributed by atoms with E-state index in [1.165, 1.54) is 0 Å². The predicted molar refractivity (Wildman–Crippen MR) is 51.3 cm³/mol. The molecule has 72 valence electrons. The lowest BCUT2D eigenvalue weighted by Crippen LogP contribution is -2.24. The lowest BCUT2D eigenvalue weighted by Gasteiger charge is -1.97. The molecule has 0 unspecified atom stereocenters. The van der Waals surface area contributed by atoms with Crippen molar-refractivity contribution in [1.82, 2.24) is 4.37 Å². The number of hydrogen-bond acceptors (Lipinski definition) is 3. The van der Waals surface area contributed by atoms with Gasteiger partial charge in [-0.05, 0) is 0 Å². The second-order valence-electron chi connectivity index (χ2n) is 2.73. The van der Waals surface area contributed by atoms with E-state index in [0.29, 0.717) is 9.81 Å². The molecular weight excluding hydrogens is 203 g/mol. The molecule has 0 aliphatic rings. The van der Waals surface area contributed by atoms with Crippen LogP contribution in [0.2, 0.25) is 0 Å². The Hall–Kier alpha value is -1.49. The minimum absolute atomic E-state index is 0.0844. The fraction of sp³-hybridized carbons (Fsp3) is 0.111. The molecule has 0 aliphatic heterocycles. The van der Waals surface area contributed by atoms with Crippen molar-refractivity contribution in [3.8, 4) is 11.3 Å². The first kappa shape index (κ1) is 9.08. The molecule has 0 saturated heterocycles. The average Bonchev–Trinajstić information content (AvgIpc) is 2.61. The molecule has 5 heteroatoms. The third kappa shape index (κ3) is 1.46. The molecule has 0 N–H and O–H groups in total. The smallest absolute Gasteiger partial charge is 0.281 e. The van der Waals surface area contributed by atoms with Gasteiger partial charge in [-0.2, -0.15) is 4.12 Å². The third-order valence-corrected chi connectivity index (χ3v) is 2.51. The monoisotopic (exact) mass is 210 g/mol. The highest BCUT2D eigenvalue weighted by Gasteiger charge is 2.19. The van der Waals surface area contributed by atoms with Crippen molar-refractivity contribution in [3.05, 3.63) is 41.2 Å². The quantitative estimate of drug-likeness (QED) is 0.561. The Bertz CT molecular complexity index is 430. The molecule has 2 rings (SSSR count). The molecular formula is C9H7FN2OS. The minimum Gasteiger partial charge on any atom is -0.700 e. The predicted octanol–water partition coefficient (Wildman–Crippen LogP) is 1.91. The summed E-state index contributed by atoms with van der Waals surface area (Å²) in [7, 11) is 0. The van der Waals surface area contributed by atoms with Gasteiger partial charge in [-0.25, -0.2) is 4.39 Å². The molecule has 0 saturated carbocycles. The normalized spacial score (nSPS) is 10.4. The van der Waals surface area contributed by atoms with Gasteiger partial charge in [-0.1, -0.05) is 30.3 Å². The van der Waals surface area contributed by atoms with Crippen LogP contribution in [0.25, 0.3) is 11.3 Å². The van der Waals surface area contributed by atoms with Gasteiger partial charge in [0.1, 0.15) is 0 Å². The summed E-state index contributed by atoms with van der Waals surface area (Å²) >= 11 is 0.722. The number of rotatable bonds is 2. The van der Waals surface area contributed by atoms with Gasteiger partial charge in [0, 0.05) is 9.94 Å². The zero-order chi connectivity index (χ0) is 9.97. The SMILES string of the molecule is [O-][n+]1snc(-c2ccccc2)c1CF. The molecule has 0 fully saturated rings. The van der Waals surface area contributed by atoms with E-state index in [1.807, 2.05) is 18.2 Å². The Morgan fingerprint density at radius 1 is 1.36 bits per heavy atom. The Morgan fingerprint density at radius 3 is 2.71 bits per heavy atom. The number of hydrogen-bond donors (Lipinski definition) is 0. The van der Waals surface area contributed by atoms with Gasteiger partial charge in [0.25, 0.3) is 11.7 Å². The molecule has 2 aromatic rings. The van der Waals surface area contributed by atoms with E-state index in [0.717, 1.165) is 17.3 Å². The Balaban J connectivity index is 2.52. The summed E-state index contributed by atoms with van der Waals surface area (Å²) < 4.78 is 16.9. The third-order valence-electron chi connectivity index (χ3n) is 1.87. The fourth-order valence-corrected chi connectivity index (χ4v) is 1.79. The van der Waals surface area contributed by atoms with E-state index in [-0.39, 0.29) is 5.69 Å². The average molecular weight is 210 g/mol. The Morgan fingerprint density at radius 2 is 2.07 bits per heavy atom. The van der Waals surface area contributed by atoms with Crippen molar-refractivity contribution in [1.29, 1.82) is 0 Å². The molecule has 1 aromatic carbocycles.